The van der Waals surface area contributed by atoms with E-state index in [4.69, 9.17) is 0 Å². The van der Waals surface area contributed by atoms with Gasteiger partial charge in [-0.05, 0) is 26.0 Å². The van der Waals surface area contributed by atoms with Crippen LogP contribution in [0, 0.1) is 13.8 Å². The number of pyridine rings is 1. The minimum atomic E-state index is -0.327. The second-order valence-corrected chi connectivity index (χ2v) is 4.85. The second-order valence-electron chi connectivity index (χ2n) is 4.85. The smallest absolute Gasteiger partial charge is 0.330 e. The van der Waals surface area contributed by atoms with Gasteiger partial charge >= 0.3 is 5.69 Å². The third kappa shape index (κ3) is 2.64. The highest BCUT2D eigenvalue weighted by atomic mass is 16.2. The Balaban J connectivity index is 2.28. The molecule has 2 heterocycles. The molecule has 0 aliphatic carbocycles. The molecule has 0 bridgehead atoms. The number of aromatic nitrogens is 3. The van der Waals surface area contributed by atoms with Gasteiger partial charge in [0.2, 0.25) is 0 Å². The highest BCUT2D eigenvalue weighted by Crippen LogP contribution is 2.13. The summed E-state index contributed by atoms with van der Waals surface area (Å²) in [6.45, 7) is 4.19. The maximum atomic E-state index is 12.0. The molecule has 20 heavy (non-hydrogen) atoms. The third-order valence-electron chi connectivity index (χ3n) is 3.21. The topological polar surface area (TPSA) is 68.9 Å². The predicted octanol–water partition coefficient (Wildman–Crippen LogP) is 0.708. The standard InChI is InChI=1S/C14H18N4O2/c1-9-5-6-12(10(2)16-9)15-7-11-8-17(3)14(20)18(4)13(11)19/h5-6,8,15H,7H2,1-4H3. The summed E-state index contributed by atoms with van der Waals surface area (Å²) in [4.78, 5) is 28.0. The molecule has 0 aliphatic rings. The van der Waals surface area contributed by atoms with E-state index < -0.39 is 0 Å². The quantitative estimate of drug-likeness (QED) is 0.895. The summed E-state index contributed by atoms with van der Waals surface area (Å²) in [5.74, 6) is 0. The van der Waals surface area contributed by atoms with E-state index in [-0.39, 0.29) is 11.2 Å². The van der Waals surface area contributed by atoms with Gasteiger partial charge in [0.25, 0.3) is 5.56 Å². The zero-order valence-corrected chi connectivity index (χ0v) is 12.1. The molecule has 0 unspecified atom stereocenters. The van der Waals surface area contributed by atoms with Crippen molar-refractivity contribution in [3.63, 3.8) is 0 Å². The Labute approximate surface area is 116 Å². The van der Waals surface area contributed by atoms with E-state index in [2.05, 4.69) is 10.3 Å². The van der Waals surface area contributed by atoms with Crippen LogP contribution in [0.5, 0.6) is 0 Å². The molecule has 0 aliphatic heterocycles. The number of nitrogens with one attached hydrogen (secondary N) is 1. The lowest BCUT2D eigenvalue weighted by Gasteiger charge is -2.11. The molecule has 2 rings (SSSR count). The van der Waals surface area contributed by atoms with Gasteiger partial charge in [-0.3, -0.25) is 14.3 Å². The van der Waals surface area contributed by atoms with Crippen LogP contribution in [0.25, 0.3) is 0 Å². The molecule has 2 aromatic rings. The molecule has 1 N–H and O–H groups in total. The summed E-state index contributed by atoms with van der Waals surface area (Å²) < 4.78 is 2.51. The van der Waals surface area contributed by atoms with Crippen molar-refractivity contribution < 1.29 is 0 Å². The maximum absolute atomic E-state index is 12.0. The minimum absolute atomic E-state index is 0.279. The van der Waals surface area contributed by atoms with Crippen LogP contribution >= 0.6 is 0 Å². The molecule has 0 aromatic carbocycles. The van der Waals surface area contributed by atoms with Crippen LogP contribution in [0.1, 0.15) is 17.0 Å². The Kier molecular flexibility index (Phi) is 3.74. The van der Waals surface area contributed by atoms with E-state index >= 15 is 0 Å². The predicted molar refractivity (Wildman–Crippen MR) is 78.0 cm³/mol. The summed E-state index contributed by atoms with van der Waals surface area (Å²) in [5.41, 5.74) is 2.64. The molecule has 0 radical (unpaired) electrons. The van der Waals surface area contributed by atoms with Crippen molar-refractivity contribution in [3.8, 4) is 0 Å². The van der Waals surface area contributed by atoms with Crippen LogP contribution in [0.15, 0.2) is 27.9 Å². The fraction of sp³-hybridized carbons (Fsp3) is 0.357. The van der Waals surface area contributed by atoms with Crippen LogP contribution < -0.4 is 16.6 Å². The molecule has 0 atom stereocenters. The number of hydrogen-bond acceptors (Lipinski definition) is 4. The third-order valence-corrected chi connectivity index (χ3v) is 3.21. The van der Waals surface area contributed by atoms with Gasteiger partial charge in [-0.2, -0.15) is 0 Å². The van der Waals surface area contributed by atoms with Gasteiger partial charge in [0.1, 0.15) is 0 Å². The first-order chi connectivity index (χ1) is 9.40. The molecule has 0 fully saturated rings. The van der Waals surface area contributed by atoms with Gasteiger partial charge in [0.15, 0.2) is 0 Å². The fourth-order valence-electron chi connectivity index (χ4n) is 2.07. The number of anilines is 1. The van der Waals surface area contributed by atoms with E-state index in [1.807, 2.05) is 26.0 Å². The first kappa shape index (κ1) is 14.0. The summed E-state index contributed by atoms with van der Waals surface area (Å²) >= 11 is 0. The molecule has 6 nitrogen and oxygen atoms in total. The van der Waals surface area contributed by atoms with E-state index in [1.165, 1.54) is 11.6 Å². The van der Waals surface area contributed by atoms with Gasteiger partial charge < -0.3 is 9.88 Å². The molecule has 0 saturated carbocycles. The average molecular weight is 274 g/mol. The monoisotopic (exact) mass is 274 g/mol. The van der Waals surface area contributed by atoms with Gasteiger partial charge in [-0.1, -0.05) is 0 Å². The first-order valence-electron chi connectivity index (χ1n) is 6.34. The van der Waals surface area contributed by atoms with Crippen molar-refractivity contribution in [2.75, 3.05) is 5.32 Å². The number of hydrogen-bond donors (Lipinski definition) is 1. The van der Waals surface area contributed by atoms with Crippen molar-refractivity contribution >= 4 is 5.69 Å². The Morgan fingerprint density at radius 2 is 1.90 bits per heavy atom. The minimum Gasteiger partial charge on any atom is -0.379 e. The van der Waals surface area contributed by atoms with Gasteiger partial charge in [0.05, 0.1) is 16.9 Å². The summed E-state index contributed by atoms with van der Waals surface area (Å²) in [6, 6.07) is 3.85. The van der Waals surface area contributed by atoms with Crippen molar-refractivity contribution in [2.24, 2.45) is 14.1 Å². The van der Waals surface area contributed by atoms with E-state index in [0.717, 1.165) is 21.6 Å². The lowest BCUT2D eigenvalue weighted by Crippen LogP contribution is -2.38. The fourth-order valence-corrected chi connectivity index (χ4v) is 2.07. The van der Waals surface area contributed by atoms with E-state index in [0.29, 0.717) is 12.1 Å². The van der Waals surface area contributed by atoms with Crippen molar-refractivity contribution in [1.29, 1.82) is 0 Å². The van der Waals surface area contributed by atoms with Crippen molar-refractivity contribution in [2.45, 2.75) is 20.4 Å². The summed E-state index contributed by atoms with van der Waals surface area (Å²) in [5, 5.41) is 3.18. The largest absolute Gasteiger partial charge is 0.379 e. The first-order valence-corrected chi connectivity index (χ1v) is 6.34. The number of aryl methyl sites for hydroxylation is 3. The molecule has 0 saturated heterocycles. The number of rotatable bonds is 3. The molecular formula is C14H18N4O2. The molecule has 106 valence electrons. The van der Waals surface area contributed by atoms with E-state index in [1.54, 1.807) is 13.2 Å². The van der Waals surface area contributed by atoms with Gasteiger partial charge in [-0.15, -0.1) is 0 Å². The second kappa shape index (κ2) is 5.32. The summed E-state index contributed by atoms with van der Waals surface area (Å²) in [6.07, 6.45) is 1.56. The van der Waals surface area contributed by atoms with Crippen LogP contribution in [-0.4, -0.2) is 14.1 Å². The zero-order chi connectivity index (χ0) is 14.9. The Bertz CT molecular complexity index is 759. The Morgan fingerprint density at radius 1 is 1.20 bits per heavy atom. The van der Waals surface area contributed by atoms with Gasteiger partial charge in [-0.25, -0.2) is 4.79 Å². The van der Waals surface area contributed by atoms with Crippen LogP contribution in [0.4, 0.5) is 5.69 Å². The molecule has 6 heteroatoms. The lowest BCUT2D eigenvalue weighted by atomic mass is 10.2. The number of nitrogens with zero attached hydrogens (tertiary/aromatic N) is 3. The normalized spacial score (nSPS) is 10.6. The highest BCUT2D eigenvalue weighted by Gasteiger charge is 2.07. The lowest BCUT2D eigenvalue weighted by molar-refractivity contribution is 0.671. The summed E-state index contributed by atoms with van der Waals surface area (Å²) in [7, 11) is 3.11. The average Bonchev–Trinajstić information content (AvgIpc) is 2.40. The van der Waals surface area contributed by atoms with Crippen molar-refractivity contribution in [1.82, 2.24) is 14.1 Å². The Morgan fingerprint density at radius 3 is 2.55 bits per heavy atom. The van der Waals surface area contributed by atoms with Gasteiger partial charge in [0, 0.05) is 32.5 Å². The SMILES string of the molecule is Cc1ccc(NCc2cn(C)c(=O)n(C)c2=O)c(C)n1. The van der Waals surface area contributed by atoms with Crippen LogP contribution in [-0.2, 0) is 20.6 Å². The Hall–Kier alpha value is -2.37. The van der Waals surface area contributed by atoms with Crippen molar-refractivity contribution in [3.05, 3.63) is 56.1 Å². The maximum Gasteiger partial charge on any atom is 0.330 e. The van der Waals surface area contributed by atoms with Crippen LogP contribution in [0.2, 0.25) is 0 Å². The molecule has 0 spiro atoms. The molecule has 0 amide bonds. The van der Waals surface area contributed by atoms with Crippen LogP contribution in [0.3, 0.4) is 0 Å². The zero-order valence-electron chi connectivity index (χ0n) is 12.1. The molecule has 2 aromatic heterocycles. The molecular weight excluding hydrogens is 256 g/mol. The van der Waals surface area contributed by atoms with E-state index in [9.17, 15) is 9.59 Å². The highest BCUT2D eigenvalue weighted by molar-refractivity contribution is 5.47.